The zero-order valence-electron chi connectivity index (χ0n) is 26.0. The van der Waals surface area contributed by atoms with Gasteiger partial charge in [-0.15, -0.1) is 0 Å². The van der Waals surface area contributed by atoms with E-state index in [4.69, 9.17) is 9.47 Å². The summed E-state index contributed by atoms with van der Waals surface area (Å²) in [5.41, 5.74) is 2.82. The maximum absolute atomic E-state index is 15.2. The van der Waals surface area contributed by atoms with Crippen LogP contribution in [0.2, 0.25) is 0 Å². The Kier molecular flexibility index (Phi) is 9.12. The van der Waals surface area contributed by atoms with Crippen LogP contribution in [0.1, 0.15) is 18.4 Å². The molecule has 0 unspecified atom stereocenters. The van der Waals surface area contributed by atoms with E-state index in [0.717, 1.165) is 45.1 Å². The summed E-state index contributed by atoms with van der Waals surface area (Å²) in [6.07, 6.45) is -0.774. The summed E-state index contributed by atoms with van der Waals surface area (Å²) in [5.74, 6) is 0.784. The quantitative estimate of drug-likeness (QED) is 0.328. The fraction of sp³-hybridized carbons (Fsp3) is 0.485. The number of piperazine rings is 1. The molecule has 3 aromatic rings. The maximum Gasteiger partial charge on any atom is 0.239 e. The van der Waals surface area contributed by atoms with Gasteiger partial charge < -0.3 is 35.0 Å². The Bertz CT molecular complexity index is 1610. The molecule has 5 heterocycles. The van der Waals surface area contributed by atoms with Crippen molar-refractivity contribution in [1.82, 2.24) is 30.1 Å². The number of aliphatic hydroxyl groups is 1. The van der Waals surface area contributed by atoms with Crippen LogP contribution in [0.3, 0.4) is 0 Å². The van der Waals surface area contributed by atoms with Crippen molar-refractivity contribution in [3.63, 3.8) is 0 Å². The first-order chi connectivity index (χ1) is 22.9. The van der Waals surface area contributed by atoms with Crippen molar-refractivity contribution in [2.45, 2.75) is 43.3 Å². The van der Waals surface area contributed by atoms with Crippen LogP contribution in [0, 0.1) is 11.3 Å². The topological polar surface area (TPSA) is 152 Å². The molecule has 13 nitrogen and oxygen atoms in total. The highest BCUT2D eigenvalue weighted by Gasteiger charge is 2.38. The average Bonchev–Trinajstić information content (AvgIpc) is 3.51. The third-order valence-electron chi connectivity index (χ3n) is 9.35. The lowest BCUT2D eigenvalue weighted by Crippen LogP contribution is -2.56. The van der Waals surface area contributed by atoms with Crippen molar-refractivity contribution in [2.75, 3.05) is 69.2 Å². The second-order valence-corrected chi connectivity index (χ2v) is 12.4. The van der Waals surface area contributed by atoms with E-state index in [1.165, 1.54) is 16.9 Å². The molecule has 4 fully saturated rings. The third-order valence-corrected chi connectivity index (χ3v) is 9.35. The van der Waals surface area contributed by atoms with E-state index in [2.05, 4.69) is 53.6 Å². The number of likely N-dealkylation sites (tertiary alicyclic amines) is 1. The van der Waals surface area contributed by atoms with Crippen molar-refractivity contribution < 1.29 is 23.8 Å². The SMILES string of the molecule is N#Cc1cc(-c2ncnc(Nc3ccc(N4CCN(C5COC5)CC4)cc3)n2)ccc1O[C@H]1CCN(C(=O)[C@@H]2C[C@@H](O)CN2)C[C@@H]1F. The van der Waals surface area contributed by atoms with Gasteiger partial charge in [0.05, 0.1) is 43.5 Å². The average molecular weight is 644 g/mol. The van der Waals surface area contributed by atoms with Gasteiger partial charge in [-0.3, -0.25) is 9.69 Å². The number of hydrogen-bond donors (Lipinski definition) is 3. The number of aromatic nitrogens is 3. The van der Waals surface area contributed by atoms with Gasteiger partial charge in [-0.1, -0.05) is 0 Å². The Morgan fingerprint density at radius 2 is 1.91 bits per heavy atom. The molecule has 14 heteroatoms. The summed E-state index contributed by atoms with van der Waals surface area (Å²) < 4.78 is 26.5. The Balaban J connectivity index is 0.955. The molecule has 0 saturated carbocycles. The molecule has 4 aliphatic heterocycles. The first kappa shape index (κ1) is 31.2. The molecule has 7 rings (SSSR count). The highest BCUT2D eigenvalue weighted by Crippen LogP contribution is 2.29. The van der Waals surface area contributed by atoms with Crippen LogP contribution in [-0.2, 0) is 9.53 Å². The number of nitriles is 1. The number of nitrogens with zero attached hydrogens (tertiary/aromatic N) is 7. The van der Waals surface area contributed by atoms with Crippen LogP contribution in [0.5, 0.6) is 5.75 Å². The molecular weight excluding hydrogens is 605 g/mol. The Morgan fingerprint density at radius 1 is 1.11 bits per heavy atom. The van der Waals surface area contributed by atoms with Crippen LogP contribution in [0.4, 0.5) is 21.7 Å². The summed E-state index contributed by atoms with van der Waals surface area (Å²) in [6, 6.07) is 15.4. The molecule has 4 saturated heterocycles. The van der Waals surface area contributed by atoms with E-state index < -0.39 is 24.4 Å². The molecule has 2 aromatic carbocycles. The Labute approximate surface area is 272 Å². The molecular formula is C33H38FN9O4. The Hall–Kier alpha value is -4.42. The number of carbonyl (C=O) groups is 1. The zero-order valence-corrected chi connectivity index (χ0v) is 26.0. The standard InChI is InChI=1S/C33H38FN9O4/c34-27-17-43(32(45)28-14-26(44)16-36-28)8-7-30(27)47-29-6-1-21(13-22(29)15-35)31-37-20-38-33(40-31)39-23-2-4-24(5-3-23)41-9-11-42(12-10-41)25-18-46-19-25/h1-6,13,20,25-28,30,36,44H,7-12,14,16-19H2,(H,37,38,39,40)/t26-,27+,28+,30+/m1/s1. The van der Waals surface area contributed by atoms with E-state index >= 15 is 4.39 Å². The molecule has 3 N–H and O–H groups in total. The highest BCUT2D eigenvalue weighted by atomic mass is 19.1. The number of benzene rings is 2. The van der Waals surface area contributed by atoms with Crippen LogP contribution in [0.25, 0.3) is 11.4 Å². The second-order valence-electron chi connectivity index (χ2n) is 12.4. The van der Waals surface area contributed by atoms with Gasteiger partial charge in [0.2, 0.25) is 11.9 Å². The van der Waals surface area contributed by atoms with E-state index in [0.29, 0.717) is 42.9 Å². The first-order valence-electron chi connectivity index (χ1n) is 16.1. The normalized spacial score (nSPS) is 25.2. The molecule has 0 radical (unpaired) electrons. The number of β-amino-alcohol motifs (C(OH)–C–C–N with tert-alkyl or cyclic N) is 1. The zero-order chi connectivity index (χ0) is 32.3. The molecule has 4 atom stereocenters. The molecule has 1 aromatic heterocycles. The van der Waals surface area contributed by atoms with Gasteiger partial charge in [-0.05, 0) is 48.9 Å². The second kappa shape index (κ2) is 13.7. The van der Waals surface area contributed by atoms with Crippen LogP contribution in [0.15, 0.2) is 48.8 Å². The first-order valence-corrected chi connectivity index (χ1v) is 16.1. The monoisotopic (exact) mass is 643 g/mol. The van der Waals surface area contributed by atoms with Crippen LogP contribution >= 0.6 is 0 Å². The Morgan fingerprint density at radius 3 is 2.60 bits per heavy atom. The predicted molar refractivity (Wildman–Crippen MR) is 171 cm³/mol. The van der Waals surface area contributed by atoms with Crippen LogP contribution < -0.4 is 20.3 Å². The summed E-state index contributed by atoms with van der Waals surface area (Å²) in [6.45, 7) is 6.30. The number of amides is 1. The number of rotatable bonds is 8. The van der Waals surface area contributed by atoms with E-state index in [1.54, 1.807) is 18.2 Å². The van der Waals surface area contributed by atoms with Crippen molar-refractivity contribution in [3.8, 4) is 23.2 Å². The largest absolute Gasteiger partial charge is 0.486 e. The van der Waals surface area contributed by atoms with Gasteiger partial charge in [0.15, 0.2) is 12.0 Å². The number of hydrogen-bond acceptors (Lipinski definition) is 12. The van der Waals surface area contributed by atoms with E-state index in [1.807, 2.05) is 12.1 Å². The predicted octanol–water partition coefficient (Wildman–Crippen LogP) is 1.72. The van der Waals surface area contributed by atoms with Gasteiger partial charge in [-0.2, -0.15) is 10.2 Å². The minimum atomic E-state index is -1.42. The number of anilines is 3. The lowest BCUT2D eigenvalue weighted by molar-refractivity contribution is -0.137. The number of ether oxygens (including phenoxy) is 2. The minimum absolute atomic E-state index is 0.103. The molecule has 1 amide bonds. The molecule has 0 bridgehead atoms. The fourth-order valence-electron chi connectivity index (χ4n) is 6.52. The number of nitrogens with one attached hydrogen (secondary N) is 2. The van der Waals surface area contributed by atoms with Gasteiger partial charge in [-0.25, -0.2) is 14.4 Å². The van der Waals surface area contributed by atoms with Crippen molar-refractivity contribution >= 4 is 23.2 Å². The van der Waals surface area contributed by atoms with Crippen molar-refractivity contribution in [2.24, 2.45) is 0 Å². The number of carbonyl (C=O) groups excluding carboxylic acids is 1. The summed E-state index contributed by atoms with van der Waals surface area (Å²) in [4.78, 5) is 32.2. The summed E-state index contributed by atoms with van der Waals surface area (Å²) in [5, 5.41) is 25.8. The molecule has 0 aliphatic carbocycles. The lowest BCUT2D eigenvalue weighted by Gasteiger charge is -2.43. The number of piperidine rings is 1. The van der Waals surface area contributed by atoms with Crippen molar-refractivity contribution in [3.05, 3.63) is 54.4 Å². The van der Waals surface area contributed by atoms with E-state index in [9.17, 15) is 15.2 Å². The van der Waals surface area contributed by atoms with Gasteiger partial charge in [0, 0.05) is 62.6 Å². The van der Waals surface area contributed by atoms with Crippen LogP contribution in [-0.4, -0.2) is 125 Å². The lowest BCUT2D eigenvalue weighted by atomic mass is 10.0. The molecule has 246 valence electrons. The van der Waals surface area contributed by atoms with Gasteiger partial charge in [0.1, 0.15) is 24.3 Å². The summed E-state index contributed by atoms with van der Waals surface area (Å²) in [7, 11) is 0. The highest BCUT2D eigenvalue weighted by molar-refractivity contribution is 5.82. The molecule has 4 aliphatic rings. The van der Waals surface area contributed by atoms with Crippen molar-refractivity contribution in [1.29, 1.82) is 5.26 Å². The fourth-order valence-corrected chi connectivity index (χ4v) is 6.52. The molecule has 0 spiro atoms. The maximum atomic E-state index is 15.2. The minimum Gasteiger partial charge on any atom is -0.486 e. The number of halogens is 1. The number of alkyl halides is 1. The smallest absolute Gasteiger partial charge is 0.239 e. The third kappa shape index (κ3) is 6.98. The van der Waals surface area contributed by atoms with Gasteiger partial charge in [0.25, 0.3) is 0 Å². The summed E-state index contributed by atoms with van der Waals surface area (Å²) >= 11 is 0. The number of aliphatic hydroxyl groups excluding tert-OH is 1. The molecule has 47 heavy (non-hydrogen) atoms. The van der Waals surface area contributed by atoms with Gasteiger partial charge >= 0.3 is 0 Å². The van der Waals surface area contributed by atoms with E-state index in [-0.39, 0.29) is 30.2 Å².